The first-order valence-electron chi connectivity index (χ1n) is 6.24. The number of anilines is 1. The SMILES string of the molecule is COCCOc1cc(C)ccc1NCc1ccn[nH]1. The molecule has 0 aliphatic rings. The summed E-state index contributed by atoms with van der Waals surface area (Å²) in [6.07, 6.45) is 1.74. The van der Waals surface area contributed by atoms with Gasteiger partial charge >= 0.3 is 0 Å². The van der Waals surface area contributed by atoms with Crippen LogP contribution in [0.5, 0.6) is 5.75 Å². The number of nitrogens with one attached hydrogen (secondary N) is 2. The average Bonchev–Trinajstić information content (AvgIpc) is 2.91. The molecule has 0 saturated heterocycles. The number of ether oxygens (including phenoxy) is 2. The van der Waals surface area contributed by atoms with Gasteiger partial charge in [0.1, 0.15) is 12.4 Å². The lowest BCUT2D eigenvalue weighted by atomic mass is 10.2. The van der Waals surface area contributed by atoms with Crippen LogP contribution in [0.2, 0.25) is 0 Å². The Morgan fingerprint density at radius 3 is 2.89 bits per heavy atom. The number of aryl methyl sites for hydroxylation is 1. The molecule has 0 aliphatic heterocycles. The van der Waals surface area contributed by atoms with Crippen LogP contribution in [0.25, 0.3) is 0 Å². The predicted molar refractivity (Wildman–Crippen MR) is 74.5 cm³/mol. The highest BCUT2D eigenvalue weighted by Gasteiger charge is 2.04. The Bertz CT molecular complexity index is 497. The fraction of sp³-hybridized carbons (Fsp3) is 0.357. The number of hydrogen-bond donors (Lipinski definition) is 2. The summed E-state index contributed by atoms with van der Waals surface area (Å²) in [5.74, 6) is 0.844. The van der Waals surface area contributed by atoms with Crippen LogP contribution in [0.4, 0.5) is 5.69 Å². The minimum atomic E-state index is 0.540. The molecule has 0 atom stereocenters. The van der Waals surface area contributed by atoms with Gasteiger partial charge in [0.15, 0.2) is 0 Å². The van der Waals surface area contributed by atoms with Crippen LogP contribution < -0.4 is 10.1 Å². The monoisotopic (exact) mass is 261 g/mol. The maximum Gasteiger partial charge on any atom is 0.142 e. The van der Waals surface area contributed by atoms with E-state index in [0.29, 0.717) is 19.8 Å². The molecule has 0 unspecified atom stereocenters. The summed E-state index contributed by atoms with van der Waals surface area (Å²) in [6, 6.07) is 8.03. The average molecular weight is 261 g/mol. The van der Waals surface area contributed by atoms with Crippen molar-refractivity contribution in [3.05, 3.63) is 41.7 Å². The van der Waals surface area contributed by atoms with Crippen molar-refractivity contribution >= 4 is 5.69 Å². The summed E-state index contributed by atoms with van der Waals surface area (Å²) in [7, 11) is 1.66. The lowest BCUT2D eigenvalue weighted by Gasteiger charge is -2.13. The third-order valence-corrected chi connectivity index (χ3v) is 2.71. The van der Waals surface area contributed by atoms with Gasteiger partial charge in [-0.2, -0.15) is 5.10 Å². The largest absolute Gasteiger partial charge is 0.489 e. The maximum atomic E-state index is 5.71. The van der Waals surface area contributed by atoms with Crippen LogP contribution in [0, 0.1) is 6.92 Å². The first kappa shape index (κ1) is 13.4. The van der Waals surface area contributed by atoms with E-state index in [1.807, 2.05) is 25.1 Å². The molecule has 1 aromatic heterocycles. The molecule has 102 valence electrons. The molecule has 0 amide bonds. The number of methoxy groups -OCH3 is 1. The topological polar surface area (TPSA) is 59.2 Å². The van der Waals surface area contributed by atoms with Crippen molar-refractivity contribution in [3.63, 3.8) is 0 Å². The summed E-state index contributed by atoms with van der Waals surface area (Å²) in [6.45, 7) is 3.85. The molecule has 1 heterocycles. The molecule has 0 saturated carbocycles. The van der Waals surface area contributed by atoms with Crippen LogP contribution in [0.1, 0.15) is 11.3 Å². The fourth-order valence-electron chi connectivity index (χ4n) is 1.70. The summed E-state index contributed by atoms with van der Waals surface area (Å²) in [5, 5.41) is 10.2. The maximum absolute atomic E-state index is 5.71. The quantitative estimate of drug-likeness (QED) is 0.751. The van der Waals surface area contributed by atoms with Gasteiger partial charge in [0.2, 0.25) is 0 Å². The van der Waals surface area contributed by atoms with Crippen molar-refractivity contribution in [2.75, 3.05) is 25.6 Å². The van der Waals surface area contributed by atoms with E-state index >= 15 is 0 Å². The molecule has 0 spiro atoms. The van der Waals surface area contributed by atoms with Gasteiger partial charge in [0, 0.05) is 13.3 Å². The van der Waals surface area contributed by atoms with E-state index in [0.717, 1.165) is 17.1 Å². The van der Waals surface area contributed by atoms with Gasteiger partial charge in [-0.15, -0.1) is 0 Å². The van der Waals surface area contributed by atoms with Gasteiger partial charge in [-0.25, -0.2) is 0 Å². The Morgan fingerprint density at radius 1 is 1.26 bits per heavy atom. The van der Waals surface area contributed by atoms with Crippen molar-refractivity contribution in [1.82, 2.24) is 10.2 Å². The predicted octanol–water partition coefficient (Wildman–Crippen LogP) is 2.36. The van der Waals surface area contributed by atoms with Crippen molar-refractivity contribution < 1.29 is 9.47 Å². The lowest BCUT2D eigenvalue weighted by molar-refractivity contribution is 0.146. The number of benzene rings is 1. The van der Waals surface area contributed by atoms with Gasteiger partial charge in [-0.3, -0.25) is 5.10 Å². The minimum absolute atomic E-state index is 0.540. The number of aromatic nitrogens is 2. The third-order valence-electron chi connectivity index (χ3n) is 2.71. The van der Waals surface area contributed by atoms with Crippen LogP contribution in [-0.4, -0.2) is 30.5 Å². The van der Waals surface area contributed by atoms with Crippen molar-refractivity contribution in [2.24, 2.45) is 0 Å². The van der Waals surface area contributed by atoms with E-state index in [2.05, 4.69) is 21.6 Å². The first-order valence-corrected chi connectivity index (χ1v) is 6.24. The van der Waals surface area contributed by atoms with Gasteiger partial charge in [-0.1, -0.05) is 6.07 Å². The normalized spacial score (nSPS) is 10.4. The highest BCUT2D eigenvalue weighted by Crippen LogP contribution is 2.26. The second-order valence-corrected chi connectivity index (χ2v) is 4.28. The smallest absolute Gasteiger partial charge is 0.142 e. The molecule has 2 N–H and O–H groups in total. The molecule has 0 aliphatic carbocycles. The zero-order valence-electron chi connectivity index (χ0n) is 11.3. The summed E-state index contributed by atoms with van der Waals surface area (Å²) in [4.78, 5) is 0. The zero-order valence-corrected chi connectivity index (χ0v) is 11.3. The summed E-state index contributed by atoms with van der Waals surface area (Å²) >= 11 is 0. The van der Waals surface area contributed by atoms with E-state index in [1.54, 1.807) is 13.3 Å². The van der Waals surface area contributed by atoms with E-state index in [4.69, 9.17) is 9.47 Å². The summed E-state index contributed by atoms with van der Waals surface area (Å²) in [5.41, 5.74) is 3.17. The summed E-state index contributed by atoms with van der Waals surface area (Å²) < 4.78 is 10.7. The van der Waals surface area contributed by atoms with Crippen LogP contribution >= 0.6 is 0 Å². The molecule has 0 bridgehead atoms. The Kier molecular flexibility index (Phi) is 4.80. The van der Waals surface area contributed by atoms with E-state index < -0.39 is 0 Å². The van der Waals surface area contributed by atoms with E-state index in [1.165, 1.54) is 5.56 Å². The molecule has 5 heteroatoms. The Labute approximate surface area is 112 Å². The molecule has 2 rings (SSSR count). The molecule has 0 fully saturated rings. The van der Waals surface area contributed by atoms with Crippen molar-refractivity contribution in [3.8, 4) is 5.75 Å². The number of nitrogens with zero attached hydrogens (tertiary/aromatic N) is 1. The van der Waals surface area contributed by atoms with Gasteiger partial charge in [0.25, 0.3) is 0 Å². The minimum Gasteiger partial charge on any atom is -0.489 e. The van der Waals surface area contributed by atoms with Gasteiger partial charge in [-0.05, 0) is 30.7 Å². The zero-order chi connectivity index (χ0) is 13.5. The number of aromatic amines is 1. The molecule has 1 aromatic carbocycles. The van der Waals surface area contributed by atoms with Crippen molar-refractivity contribution in [2.45, 2.75) is 13.5 Å². The van der Waals surface area contributed by atoms with Crippen molar-refractivity contribution in [1.29, 1.82) is 0 Å². The van der Waals surface area contributed by atoms with Crippen LogP contribution in [0.15, 0.2) is 30.5 Å². The highest BCUT2D eigenvalue weighted by molar-refractivity contribution is 5.57. The first-order chi connectivity index (χ1) is 9.29. The van der Waals surface area contributed by atoms with E-state index in [9.17, 15) is 0 Å². The Balaban J connectivity index is 2.01. The third kappa shape index (κ3) is 3.99. The number of H-pyrrole nitrogens is 1. The standard InChI is InChI=1S/C14H19N3O2/c1-11-3-4-13(14(9-11)19-8-7-18-2)15-10-12-5-6-16-17-12/h3-6,9,15H,7-8,10H2,1-2H3,(H,16,17). The molecule has 5 nitrogen and oxygen atoms in total. The molecule has 19 heavy (non-hydrogen) atoms. The highest BCUT2D eigenvalue weighted by atomic mass is 16.5. The molecule has 2 aromatic rings. The second-order valence-electron chi connectivity index (χ2n) is 4.28. The molecular weight excluding hydrogens is 242 g/mol. The second kappa shape index (κ2) is 6.80. The van der Waals surface area contributed by atoms with Gasteiger partial charge in [0.05, 0.1) is 24.5 Å². The van der Waals surface area contributed by atoms with E-state index in [-0.39, 0.29) is 0 Å². The molecule has 0 radical (unpaired) electrons. The Morgan fingerprint density at radius 2 is 2.16 bits per heavy atom. The Hall–Kier alpha value is -2.01. The molecular formula is C14H19N3O2. The number of hydrogen-bond acceptors (Lipinski definition) is 4. The van der Waals surface area contributed by atoms with Crippen LogP contribution in [0.3, 0.4) is 0 Å². The lowest BCUT2D eigenvalue weighted by Crippen LogP contribution is -2.07. The number of rotatable bonds is 7. The fourth-order valence-corrected chi connectivity index (χ4v) is 1.70. The van der Waals surface area contributed by atoms with Gasteiger partial charge < -0.3 is 14.8 Å². The van der Waals surface area contributed by atoms with Crippen LogP contribution in [-0.2, 0) is 11.3 Å².